The molecule has 2 fully saturated rings. The minimum atomic E-state index is -0.119. The van der Waals surface area contributed by atoms with E-state index in [9.17, 15) is 9.59 Å². The molecule has 7 heteroatoms. The van der Waals surface area contributed by atoms with Gasteiger partial charge in [0.15, 0.2) is 0 Å². The van der Waals surface area contributed by atoms with Crippen LogP contribution in [0.3, 0.4) is 0 Å². The first-order chi connectivity index (χ1) is 12.7. The number of amides is 4. The van der Waals surface area contributed by atoms with Crippen molar-refractivity contribution < 1.29 is 9.59 Å². The number of carbonyl (C=O) groups excluding carboxylic acids is 2. The number of aromatic nitrogens is 1. The van der Waals surface area contributed by atoms with Gasteiger partial charge in [0.1, 0.15) is 0 Å². The van der Waals surface area contributed by atoms with Crippen LogP contribution in [0.5, 0.6) is 0 Å². The Bertz CT molecular complexity index is 783. The number of hydrogen-bond acceptors (Lipinski definition) is 3. The minimum Gasteiger partial charge on any atom is -0.321 e. The van der Waals surface area contributed by atoms with E-state index in [0.717, 1.165) is 11.4 Å². The Morgan fingerprint density at radius 3 is 2.65 bits per heavy atom. The van der Waals surface area contributed by atoms with E-state index in [2.05, 4.69) is 10.3 Å². The molecule has 3 heterocycles. The minimum absolute atomic E-state index is 0.0292. The smallest absolute Gasteiger partial charge is 0.321 e. The monoisotopic (exact) mass is 351 g/mol. The zero-order valence-corrected chi connectivity index (χ0v) is 14.4. The lowest BCUT2D eigenvalue weighted by molar-refractivity contribution is 0.135. The lowest BCUT2D eigenvalue weighted by Crippen LogP contribution is -2.54. The molecule has 26 heavy (non-hydrogen) atoms. The molecular formula is C19H21N5O2. The van der Waals surface area contributed by atoms with E-state index in [1.165, 1.54) is 0 Å². The van der Waals surface area contributed by atoms with E-state index in [0.29, 0.717) is 32.7 Å². The fraction of sp³-hybridized carbons (Fsp3) is 0.316. The molecule has 2 aromatic rings. The number of para-hydroxylation sites is 1. The Morgan fingerprint density at radius 2 is 1.88 bits per heavy atom. The molecule has 4 amide bonds. The van der Waals surface area contributed by atoms with Gasteiger partial charge in [-0.1, -0.05) is 24.3 Å². The number of nitrogens with one attached hydrogen (secondary N) is 1. The summed E-state index contributed by atoms with van der Waals surface area (Å²) in [4.78, 5) is 34.9. The van der Waals surface area contributed by atoms with E-state index >= 15 is 0 Å². The summed E-state index contributed by atoms with van der Waals surface area (Å²) in [7, 11) is 0. The highest BCUT2D eigenvalue weighted by molar-refractivity contribution is 5.89. The number of anilines is 1. The Balaban J connectivity index is 1.38. The molecule has 0 unspecified atom stereocenters. The summed E-state index contributed by atoms with van der Waals surface area (Å²) in [5.41, 5.74) is 1.65. The number of pyridine rings is 1. The third kappa shape index (κ3) is 3.33. The molecule has 134 valence electrons. The summed E-state index contributed by atoms with van der Waals surface area (Å²) in [5, 5.41) is 2.91. The van der Waals surface area contributed by atoms with Gasteiger partial charge in [-0.2, -0.15) is 0 Å². The summed E-state index contributed by atoms with van der Waals surface area (Å²) >= 11 is 0. The molecule has 0 bridgehead atoms. The average Bonchev–Trinajstić information content (AvgIpc) is 2.98. The second-order valence-electron chi connectivity index (χ2n) is 6.57. The fourth-order valence-corrected chi connectivity index (χ4v) is 3.51. The van der Waals surface area contributed by atoms with Crippen molar-refractivity contribution in [2.45, 2.75) is 12.6 Å². The van der Waals surface area contributed by atoms with Gasteiger partial charge in [0.05, 0.1) is 18.3 Å². The van der Waals surface area contributed by atoms with Crippen molar-refractivity contribution in [2.75, 3.05) is 31.5 Å². The molecule has 0 saturated carbocycles. The summed E-state index contributed by atoms with van der Waals surface area (Å²) in [5.74, 6) is 0. The van der Waals surface area contributed by atoms with Gasteiger partial charge < -0.3 is 20.0 Å². The van der Waals surface area contributed by atoms with E-state index in [1.807, 2.05) is 58.3 Å². The van der Waals surface area contributed by atoms with Crippen LogP contribution in [0.2, 0.25) is 0 Å². The van der Waals surface area contributed by atoms with Crippen LogP contribution in [0, 0.1) is 0 Å². The third-order valence-electron chi connectivity index (χ3n) is 4.82. The normalized spacial score (nSPS) is 19.5. The maximum absolute atomic E-state index is 12.6. The highest BCUT2D eigenvalue weighted by Gasteiger charge is 2.41. The number of carbonyl (C=O) groups is 2. The van der Waals surface area contributed by atoms with Gasteiger partial charge in [0.25, 0.3) is 0 Å². The largest absolute Gasteiger partial charge is 0.321 e. The SMILES string of the molecule is O=C(Nc1ccccc1)N1CCN2C(=O)N(Cc3ccccn3)C[C@H]2C1. The first kappa shape index (κ1) is 16.4. The molecule has 1 aromatic heterocycles. The van der Waals surface area contributed by atoms with Crippen molar-refractivity contribution in [1.29, 1.82) is 0 Å². The lowest BCUT2D eigenvalue weighted by atomic mass is 10.2. The Labute approximate surface area is 152 Å². The molecule has 0 radical (unpaired) electrons. The zero-order valence-electron chi connectivity index (χ0n) is 14.4. The number of benzene rings is 1. The van der Waals surface area contributed by atoms with Gasteiger partial charge in [-0.25, -0.2) is 9.59 Å². The molecule has 1 atom stereocenters. The quantitative estimate of drug-likeness (QED) is 0.922. The highest BCUT2D eigenvalue weighted by Crippen LogP contribution is 2.22. The van der Waals surface area contributed by atoms with Gasteiger partial charge in [-0.15, -0.1) is 0 Å². The van der Waals surface area contributed by atoms with Crippen LogP contribution in [-0.2, 0) is 6.54 Å². The predicted octanol–water partition coefficient (Wildman–Crippen LogP) is 2.24. The van der Waals surface area contributed by atoms with Crippen LogP contribution in [0.4, 0.5) is 15.3 Å². The van der Waals surface area contributed by atoms with E-state index in [4.69, 9.17) is 0 Å². The van der Waals surface area contributed by atoms with Gasteiger partial charge in [-0.3, -0.25) is 4.98 Å². The average molecular weight is 351 g/mol. The number of urea groups is 2. The number of fused-ring (bicyclic) bond motifs is 1. The Morgan fingerprint density at radius 1 is 1.08 bits per heavy atom. The number of nitrogens with zero attached hydrogens (tertiary/aromatic N) is 4. The van der Waals surface area contributed by atoms with Gasteiger partial charge >= 0.3 is 12.1 Å². The highest BCUT2D eigenvalue weighted by atomic mass is 16.2. The van der Waals surface area contributed by atoms with Crippen LogP contribution < -0.4 is 5.32 Å². The molecule has 2 aliphatic heterocycles. The number of piperazine rings is 1. The first-order valence-corrected chi connectivity index (χ1v) is 8.77. The van der Waals surface area contributed by atoms with Gasteiger partial charge in [0.2, 0.25) is 0 Å². The van der Waals surface area contributed by atoms with Crippen LogP contribution in [0.1, 0.15) is 5.69 Å². The van der Waals surface area contributed by atoms with Crippen LogP contribution in [0.25, 0.3) is 0 Å². The topological polar surface area (TPSA) is 68.8 Å². The van der Waals surface area contributed by atoms with E-state index < -0.39 is 0 Å². The van der Waals surface area contributed by atoms with E-state index in [-0.39, 0.29) is 18.1 Å². The maximum atomic E-state index is 12.6. The zero-order chi connectivity index (χ0) is 17.9. The Kier molecular flexibility index (Phi) is 4.43. The third-order valence-corrected chi connectivity index (χ3v) is 4.82. The lowest BCUT2D eigenvalue weighted by Gasteiger charge is -2.36. The van der Waals surface area contributed by atoms with Crippen LogP contribution in [-0.4, -0.2) is 64.0 Å². The summed E-state index contributed by atoms with van der Waals surface area (Å²) in [6.07, 6.45) is 1.73. The van der Waals surface area contributed by atoms with E-state index in [1.54, 1.807) is 11.1 Å². The summed E-state index contributed by atoms with van der Waals surface area (Å²) in [6, 6.07) is 15.1. The van der Waals surface area contributed by atoms with Crippen LogP contribution >= 0.6 is 0 Å². The second-order valence-corrected chi connectivity index (χ2v) is 6.57. The Hall–Kier alpha value is -3.09. The van der Waals surface area contributed by atoms with Crippen molar-refractivity contribution in [1.82, 2.24) is 19.7 Å². The first-order valence-electron chi connectivity index (χ1n) is 8.77. The predicted molar refractivity (Wildman–Crippen MR) is 97.6 cm³/mol. The number of hydrogen-bond donors (Lipinski definition) is 1. The number of rotatable bonds is 3. The standard InChI is InChI=1S/C19H21N5O2/c25-18(21-15-6-2-1-3-7-15)22-10-11-24-17(13-22)14-23(19(24)26)12-16-8-4-5-9-20-16/h1-9,17H,10-14H2,(H,21,25)/t17-/m1/s1. The fourth-order valence-electron chi connectivity index (χ4n) is 3.51. The molecule has 4 rings (SSSR count). The molecular weight excluding hydrogens is 330 g/mol. The maximum Gasteiger partial charge on any atom is 0.321 e. The van der Waals surface area contributed by atoms with Gasteiger partial charge in [0, 0.05) is 38.1 Å². The van der Waals surface area contributed by atoms with Crippen molar-refractivity contribution in [3.8, 4) is 0 Å². The summed E-state index contributed by atoms with van der Waals surface area (Å²) in [6.45, 7) is 2.76. The van der Waals surface area contributed by atoms with Crippen molar-refractivity contribution in [3.63, 3.8) is 0 Å². The molecule has 0 spiro atoms. The van der Waals surface area contributed by atoms with Crippen molar-refractivity contribution in [3.05, 3.63) is 60.4 Å². The van der Waals surface area contributed by atoms with Crippen molar-refractivity contribution >= 4 is 17.7 Å². The summed E-state index contributed by atoms with van der Waals surface area (Å²) < 4.78 is 0. The molecule has 2 aliphatic rings. The molecule has 0 aliphatic carbocycles. The van der Waals surface area contributed by atoms with Crippen molar-refractivity contribution in [2.24, 2.45) is 0 Å². The molecule has 7 nitrogen and oxygen atoms in total. The second kappa shape index (κ2) is 7.03. The van der Waals surface area contributed by atoms with Crippen LogP contribution in [0.15, 0.2) is 54.7 Å². The molecule has 2 saturated heterocycles. The molecule has 1 N–H and O–H groups in total. The van der Waals surface area contributed by atoms with Gasteiger partial charge in [-0.05, 0) is 24.3 Å². The molecule has 1 aromatic carbocycles.